The number of unbranched alkanes of at least 4 members (excludes halogenated alkanes) is 3. The van der Waals surface area contributed by atoms with Gasteiger partial charge in [0.2, 0.25) is 5.95 Å². The zero-order valence-electron chi connectivity index (χ0n) is 20.0. The van der Waals surface area contributed by atoms with Gasteiger partial charge in [0.25, 0.3) is 0 Å². The molecule has 3 aliphatic heterocycles. The van der Waals surface area contributed by atoms with Gasteiger partial charge in [-0.25, -0.2) is 9.97 Å². The lowest BCUT2D eigenvalue weighted by Gasteiger charge is -2.42. The molecule has 0 aliphatic carbocycles. The molecule has 6 nitrogen and oxygen atoms in total. The van der Waals surface area contributed by atoms with Crippen LogP contribution in [0.4, 0.5) is 5.95 Å². The van der Waals surface area contributed by atoms with E-state index in [1.807, 2.05) is 0 Å². The molecule has 0 saturated carbocycles. The van der Waals surface area contributed by atoms with E-state index in [-0.39, 0.29) is 0 Å². The van der Waals surface area contributed by atoms with Crippen molar-refractivity contribution in [3.63, 3.8) is 0 Å². The second kappa shape index (κ2) is 11.1. The van der Waals surface area contributed by atoms with E-state index in [1.165, 1.54) is 76.6 Å². The van der Waals surface area contributed by atoms with Gasteiger partial charge in [0.15, 0.2) is 0 Å². The Morgan fingerprint density at radius 1 is 0.935 bits per heavy atom. The Labute approximate surface area is 189 Å². The first kappa shape index (κ1) is 22.9. The van der Waals surface area contributed by atoms with Crippen molar-refractivity contribution in [1.82, 2.24) is 19.8 Å². The van der Waals surface area contributed by atoms with Crippen LogP contribution in [0, 0.1) is 0 Å². The molecule has 6 heteroatoms. The van der Waals surface area contributed by atoms with Crippen molar-refractivity contribution in [1.29, 1.82) is 0 Å². The van der Waals surface area contributed by atoms with Crippen molar-refractivity contribution in [2.45, 2.75) is 89.3 Å². The third-order valence-corrected chi connectivity index (χ3v) is 7.76. The topological polar surface area (TPSA) is 44.7 Å². The molecule has 4 rings (SSSR count). The molecule has 0 radical (unpaired) electrons. The first-order chi connectivity index (χ1) is 15.2. The van der Waals surface area contributed by atoms with Crippen LogP contribution < -0.4 is 4.90 Å². The van der Waals surface area contributed by atoms with Gasteiger partial charge in [-0.2, -0.15) is 0 Å². The fraction of sp³-hybridized carbons (Fsp3) is 0.840. The first-order valence-electron chi connectivity index (χ1n) is 12.7. The molecule has 3 saturated heterocycles. The molecule has 0 amide bonds. The minimum Gasteiger partial charge on any atom is -0.385 e. The monoisotopic (exact) mass is 429 g/mol. The van der Waals surface area contributed by atoms with E-state index in [2.05, 4.69) is 40.9 Å². The fourth-order valence-electron chi connectivity index (χ4n) is 5.78. The summed E-state index contributed by atoms with van der Waals surface area (Å²) in [6, 6.07) is 1.81. The maximum absolute atomic E-state index is 5.13. The molecule has 3 aliphatic rings. The van der Waals surface area contributed by atoms with Gasteiger partial charge in [0.1, 0.15) is 0 Å². The van der Waals surface area contributed by atoms with Gasteiger partial charge < -0.3 is 14.5 Å². The molecule has 0 aromatic carbocycles. The summed E-state index contributed by atoms with van der Waals surface area (Å²) in [4.78, 5) is 17.5. The Morgan fingerprint density at radius 3 is 2.19 bits per heavy atom. The van der Waals surface area contributed by atoms with E-state index >= 15 is 0 Å². The summed E-state index contributed by atoms with van der Waals surface area (Å²) in [6.07, 6.45) is 14.4. The number of hydrogen-bond acceptors (Lipinski definition) is 6. The minimum absolute atomic E-state index is 0.588. The summed E-state index contributed by atoms with van der Waals surface area (Å²) < 4.78 is 5.13. The van der Waals surface area contributed by atoms with E-state index in [0.717, 1.165) is 25.6 Å². The number of nitrogens with zero attached hydrogens (tertiary/aromatic N) is 5. The summed E-state index contributed by atoms with van der Waals surface area (Å²) in [5.74, 6) is 1.59. The second-order valence-corrected chi connectivity index (χ2v) is 10.2. The van der Waals surface area contributed by atoms with Crippen LogP contribution in [0.25, 0.3) is 0 Å². The molecule has 2 unspecified atom stereocenters. The Hall–Kier alpha value is -1.24. The van der Waals surface area contributed by atoms with Crippen LogP contribution in [0.1, 0.15) is 76.7 Å². The highest BCUT2D eigenvalue weighted by Gasteiger charge is 2.41. The number of methoxy groups -OCH3 is 1. The van der Waals surface area contributed by atoms with Gasteiger partial charge in [-0.3, -0.25) is 4.90 Å². The number of piperazine rings is 1. The fourth-order valence-corrected chi connectivity index (χ4v) is 5.78. The molecule has 31 heavy (non-hydrogen) atoms. The molecule has 4 heterocycles. The molecular formula is C25H43N5O. The summed E-state index contributed by atoms with van der Waals surface area (Å²) in [5.41, 5.74) is 1.34. The summed E-state index contributed by atoms with van der Waals surface area (Å²) in [7, 11) is 1.79. The van der Waals surface area contributed by atoms with Gasteiger partial charge in [-0.05, 0) is 83.5 Å². The number of rotatable bonds is 10. The van der Waals surface area contributed by atoms with Gasteiger partial charge in [0.05, 0.1) is 0 Å². The highest BCUT2D eigenvalue weighted by Crippen LogP contribution is 2.34. The van der Waals surface area contributed by atoms with Gasteiger partial charge in [0, 0.05) is 57.3 Å². The minimum atomic E-state index is 0.588. The van der Waals surface area contributed by atoms with Crippen LogP contribution in [0.15, 0.2) is 12.4 Å². The molecule has 1 aromatic heterocycles. The normalized spacial score (nSPS) is 25.6. The van der Waals surface area contributed by atoms with Crippen molar-refractivity contribution >= 4 is 5.95 Å². The molecule has 0 spiro atoms. The van der Waals surface area contributed by atoms with Crippen LogP contribution in [-0.2, 0) is 4.74 Å². The Bertz CT molecular complexity index is 644. The summed E-state index contributed by atoms with van der Waals surface area (Å²) in [6.45, 7) is 11.5. The SMILES string of the molecule is COCCCCCCN1CCC(c2cnc(N3C4CCC3CN(C(C)C)C4)nc2)CC1. The Balaban J connectivity index is 1.23. The van der Waals surface area contributed by atoms with Crippen LogP contribution >= 0.6 is 0 Å². The third-order valence-electron chi connectivity index (χ3n) is 7.76. The summed E-state index contributed by atoms with van der Waals surface area (Å²) in [5, 5.41) is 0. The van der Waals surface area contributed by atoms with Gasteiger partial charge in [-0.15, -0.1) is 0 Å². The Morgan fingerprint density at radius 2 is 1.58 bits per heavy atom. The maximum Gasteiger partial charge on any atom is 0.225 e. The van der Waals surface area contributed by atoms with Crippen molar-refractivity contribution in [2.24, 2.45) is 0 Å². The predicted octanol–water partition coefficient (Wildman–Crippen LogP) is 3.92. The lowest BCUT2D eigenvalue weighted by Crippen LogP contribution is -2.56. The number of anilines is 1. The molecule has 174 valence electrons. The number of piperidine rings is 1. The number of fused-ring (bicyclic) bond motifs is 2. The summed E-state index contributed by atoms with van der Waals surface area (Å²) >= 11 is 0. The third kappa shape index (κ3) is 5.77. The van der Waals surface area contributed by atoms with E-state index in [4.69, 9.17) is 14.7 Å². The number of aromatic nitrogens is 2. The lowest BCUT2D eigenvalue weighted by molar-refractivity contribution is 0.176. The smallest absolute Gasteiger partial charge is 0.225 e. The lowest BCUT2D eigenvalue weighted by atomic mass is 9.91. The second-order valence-electron chi connectivity index (χ2n) is 10.2. The quantitative estimate of drug-likeness (QED) is 0.525. The van der Waals surface area contributed by atoms with Gasteiger partial charge >= 0.3 is 0 Å². The van der Waals surface area contributed by atoms with Crippen molar-refractivity contribution in [2.75, 3.05) is 51.3 Å². The molecule has 2 bridgehead atoms. The zero-order chi connectivity index (χ0) is 21.6. The molecule has 1 aromatic rings. The Kier molecular flexibility index (Phi) is 8.18. The standard InChI is InChI=1S/C25H43N5O/c1-20(2)29-18-23-8-9-24(19-29)30(23)25-26-16-22(17-27-25)21-10-13-28(14-11-21)12-6-4-5-7-15-31-3/h16-17,20-21,23-24H,4-15,18-19H2,1-3H3. The number of ether oxygens (including phenoxy) is 1. The van der Waals surface area contributed by atoms with Crippen molar-refractivity contribution in [3.8, 4) is 0 Å². The van der Waals surface area contributed by atoms with Crippen LogP contribution in [0.2, 0.25) is 0 Å². The highest BCUT2D eigenvalue weighted by atomic mass is 16.5. The number of hydrogen-bond donors (Lipinski definition) is 0. The molecular weight excluding hydrogens is 386 g/mol. The molecule has 0 N–H and O–H groups in total. The molecule has 2 atom stereocenters. The van der Waals surface area contributed by atoms with E-state index < -0.39 is 0 Å². The first-order valence-corrected chi connectivity index (χ1v) is 12.7. The van der Waals surface area contributed by atoms with Crippen LogP contribution in [0.3, 0.4) is 0 Å². The number of likely N-dealkylation sites (tertiary alicyclic amines) is 2. The van der Waals surface area contributed by atoms with E-state index in [0.29, 0.717) is 24.0 Å². The van der Waals surface area contributed by atoms with Gasteiger partial charge in [-0.1, -0.05) is 12.8 Å². The van der Waals surface area contributed by atoms with Crippen molar-refractivity contribution < 1.29 is 4.74 Å². The van der Waals surface area contributed by atoms with Crippen molar-refractivity contribution in [3.05, 3.63) is 18.0 Å². The average molecular weight is 430 g/mol. The van der Waals surface area contributed by atoms with E-state index in [1.54, 1.807) is 7.11 Å². The maximum atomic E-state index is 5.13. The highest BCUT2D eigenvalue weighted by molar-refractivity contribution is 5.38. The molecule has 3 fully saturated rings. The average Bonchev–Trinajstić information content (AvgIpc) is 3.05. The van der Waals surface area contributed by atoms with Crippen LogP contribution in [0.5, 0.6) is 0 Å². The van der Waals surface area contributed by atoms with Crippen LogP contribution in [-0.4, -0.2) is 84.3 Å². The van der Waals surface area contributed by atoms with E-state index in [9.17, 15) is 0 Å². The predicted molar refractivity (Wildman–Crippen MR) is 127 cm³/mol. The largest absolute Gasteiger partial charge is 0.385 e. The zero-order valence-corrected chi connectivity index (χ0v) is 20.0.